The van der Waals surface area contributed by atoms with E-state index in [1.165, 1.54) is 11.1 Å². The Balaban J connectivity index is 1.62. The zero-order valence-electron chi connectivity index (χ0n) is 15.1. The number of carbonyl (C=O) groups is 1. The molecule has 1 saturated heterocycles. The van der Waals surface area contributed by atoms with E-state index >= 15 is 0 Å². The summed E-state index contributed by atoms with van der Waals surface area (Å²) in [5.74, 6) is 0.767. The van der Waals surface area contributed by atoms with Crippen LogP contribution in [-0.4, -0.2) is 17.4 Å². The van der Waals surface area contributed by atoms with Crippen LogP contribution < -0.4 is 0 Å². The molecule has 0 saturated carbocycles. The molecular weight excluding hydrogens is 398 g/mol. The van der Waals surface area contributed by atoms with Gasteiger partial charge in [0.25, 0.3) is 0 Å². The second kappa shape index (κ2) is 8.10. The van der Waals surface area contributed by atoms with Crippen molar-refractivity contribution in [3.63, 3.8) is 0 Å². The lowest BCUT2D eigenvalue weighted by Gasteiger charge is -2.39. The van der Waals surface area contributed by atoms with Crippen molar-refractivity contribution in [3.8, 4) is 0 Å². The molecule has 0 radical (unpaired) electrons. The second-order valence-corrected chi connectivity index (χ2v) is 8.05. The fourth-order valence-electron chi connectivity index (χ4n) is 3.98. The summed E-state index contributed by atoms with van der Waals surface area (Å²) in [6.45, 7) is 1.41. The van der Waals surface area contributed by atoms with Gasteiger partial charge in [0.05, 0.1) is 0 Å². The van der Waals surface area contributed by atoms with Crippen molar-refractivity contribution in [2.75, 3.05) is 6.54 Å². The summed E-state index contributed by atoms with van der Waals surface area (Å²) >= 11 is 3.48. The van der Waals surface area contributed by atoms with Gasteiger partial charge in [-0.25, -0.2) is 0 Å². The Bertz CT molecular complexity index is 893. The Hall–Kier alpha value is -2.39. The molecule has 1 heterocycles. The molecule has 2 nitrogen and oxygen atoms in total. The average molecular weight is 420 g/mol. The van der Waals surface area contributed by atoms with Gasteiger partial charge >= 0.3 is 0 Å². The molecule has 0 aliphatic carbocycles. The monoisotopic (exact) mass is 419 g/mol. The molecule has 0 spiro atoms. The number of carbonyl (C=O) groups excluding carboxylic acids is 1. The predicted octanol–water partition coefficient (Wildman–Crippen LogP) is 5.75. The predicted molar refractivity (Wildman–Crippen MR) is 113 cm³/mol. The molecule has 1 aliphatic rings. The van der Waals surface area contributed by atoms with Crippen molar-refractivity contribution in [2.45, 2.75) is 24.8 Å². The number of benzene rings is 3. The molecule has 136 valence electrons. The Morgan fingerprint density at radius 3 is 1.93 bits per heavy atom. The minimum Gasteiger partial charge on any atom is -0.338 e. The van der Waals surface area contributed by atoms with E-state index < -0.39 is 0 Å². The van der Waals surface area contributed by atoms with Crippen molar-refractivity contribution in [1.29, 1.82) is 0 Å². The summed E-state index contributed by atoms with van der Waals surface area (Å²) in [7, 11) is 0. The number of rotatable bonds is 4. The first-order valence-corrected chi connectivity index (χ1v) is 10.1. The van der Waals surface area contributed by atoms with Gasteiger partial charge in [-0.1, -0.05) is 88.7 Å². The third kappa shape index (κ3) is 4.14. The maximum atomic E-state index is 12.9. The lowest BCUT2D eigenvalue weighted by Crippen LogP contribution is -2.42. The Morgan fingerprint density at radius 2 is 1.33 bits per heavy atom. The number of hydrogen-bond donors (Lipinski definition) is 0. The molecule has 0 N–H and O–H groups in total. The van der Waals surface area contributed by atoms with Gasteiger partial charge in [0.1, 0.15) is 0 Å². The highest BCUT2D eigenvalue weighted by Gasteiger charge is 2.35. The Morgan fingerprint density at radius 1 is 0.778 bits per heavy atom. The van der Waals surface area contributed by atoms with Gasteiger partial charge in [0.15, 0.2) is 0 Å². The zero-order valence-corrected chi connectivity index (χ0v) is 16.7. The minimum absolute atomic E-state index is 0.224. The normalized spacial score (nSPS) is 19.9. The number of amides is 1. The van der Waals surface area contributed by atoms with Crippen LogP contribution in [0.25, 0.3) is 0 Å². The summed E-state index contributed by atoms with van der Waals surface area (Å²) in [5, 5.41) is 0. The summed E-state index contributed by atoms with van der Waals surface area (Å²) in [6.07, 6.45) is 0.556. The van der Waals surface area contributed by atoms with E-state index in [0.29, 0.717) is 18.9 Å². The van der Waals surface area contributed by atoms with Crippen LogP contribution in [0.2, 0.25) is 0 Å². The first kappa shape index (κ1) is 18.0. The van der Waals surface area contributed by atoms with E-state index in [1.54, 1.807) is 0 Å². The molecule has 1 fully saturated rings. The third-order valence-electron chi connectivity index (χ3n) is 5.39. The van der Waals surface area contributed by atoms with Crippen LogP contribution in [-0.2, 0) is 11.3 Å². The lowest BCUT2D eigenvalue weighted by molar-refractivity contribution is -0.135. The van der Waals surface area contributed by atoms with E-state index in [0.717, 1.165) is 16.6 Å². The highest BCUT2D eigenvalue weighted by atomic mass is 79.9. The van der Waals surface area contributed by atoms with E-state index in [-0.39, 0.29) is 11.8 Å². The second-order valence-electron chi connectivity index (χ2n) is 7.14. The van der Waals surface area contributed by atoms with Crippen LogP contribution in [0.3, 0.4) is 0 Å². The summed E-state index contributed by atoms with van der Waals surface area (Å²) in [6, 6.07) is 29.3. The number of piperidine rings is 1. The molecule has 0 bridgehead atoms. The molecule has 2 atom stereocenters. The van der Waals surface area contributed by atoms with Crippen molar-refractivity contribution in [3.05, 3.63) is 106 Å². The van der Waals surface area contributed by atoms with Crippen LogP contribution in [0.4, 0.5) is 0 Å². The average Bonchev–Trinajstić information content (AvgIpc) is 2.72. The minimum atomic E-state index is 0.224. The van der Waals surface area contributed by atoms with Crippen LogP contribution in [0.1, 0.15) is 34.9 Å². The maximum Gasteiger partial charge on any atom is 0.223 e. The van der Waals surface area contributed by atoms with E-state index in [4.69, 9.17) is 0 Å². The van der Waals surface area contributed by atoms with Gasteiger partial charge in [-0.15, -0.1) is 0 Å². The number of halogens is 1. The first-order valence-electron chi connectivity index (χ1n) is 9.33. The van der Waals surface area contributed by atoms with Gasteiger partial charge < -0.3 is 4.90 Å². The zero-order chi connectivity index (χ0) is 18.6. The number of nitrogens with zero attached hydrogens (tertiary/aromatic N) is 1. The van der Waals surface area contributed by atoms with Crippen LogP contribution in [0, 0.1) is 0 Å². The number of likely N-dealkylation sites (tertiary alicyclic amines) is 1. The largest absolute Gasteiger partial charge is 0.338 e. The van der Waals surface area contributed by atoms with Crippen molar-refractivity contribution < 1.29 is 4.79 Å². The lowest BCUT2D eigenvalue weighted by atomic mass is 9.76. The molecule has 2 unspecified atom stereocenters. The smallest absolute Gasteiger partial charge is 0.223 e. The quantitative estimate of drug-likeness (QED) is 0.527. The fraction of sp³-hybridized carbons (Fsp3) is 0.208. The van der Waals surface area contributed by atoms with Crippen LogP contribution >= 0.6 is 15.9 Å². The Labute approximate surface area is 169 Å². The highest BCUT2D eigenvalue weighted by Crippen LogP contribution is 2.40. The maximum absolute atomic E-state index is 12.9. The molecule has 3 aromatic rings. The van der Waals surface area contributed by atoms with Crippen molar-refractivity contribution >= 4 is 21.8 Å². The van der Waals surface area contributed by atoms with Crippen LogP contribution in [0.15, 0.2) is 89.4 Å². The van der Waals surface area contributed by atoms with Gasteiger partial charge in [-0.3, -0.25) is 4.79 Å². The van der Waals surface area contributed by atoms with Gasteiger partial charge in [-0.2, -0.15) is 0 Å². The SMILES string of the molecule is O=C1CC(c2ccccc2)C(c2ccccc2)CN1Cc1ccc(Br)cc1. The van der Waals surface area contributed by atoms with Gasteiger partial charge in [0, 0.05) is 35.8 Å². The fourth-order valence-corrected chi connectivity index (χ4v) is 4.24. The molecule has 3 aromatic carbocycles. The van der Waals surface area contributed by atoms with Gasteiger partial charge in [0.2, 0.25) is 5.91 Å². The van der Waals surface area contributed by atoms with E-state index in [1.807, 2.05) is 23.1 Å². The third-order valence-corrected chi connectivity index (χ3v) is 5.92. The molecule has 1 aliphatic heterocycles. The molecule has 3 heteroatoms. The summed E-state index contributed by atoms with van der Waals surface area (Å²) in [4.78, 5) is 15.0. The van der Waals surface area contributed by atoms with Crippen molar-refractivity contribution in [2.24, 2.45) is 0 Å². The highest BCUT2D eigenvalue weighted by molar-refractivity contribution is 9.10. The summed E-state index contributed by atoms with van der Waals surface area (Å²) in [5.41, 5.74) is 3.72. The van der Waals surface area contributed by atoms with E-state index in [2.05, 4.69) is 82.7 Å². The molecule has 1 amide bonds. The van der Waals surface area contributed by atoms with Crippen molar-refractivity contribution in [1.82, 2.24) is 4.90 Å². The number of hydrogen-bond acceptors (Lipinski definition) is 1. The molecule has 0 aromatic heterocycles. The molecule has 27 heavy (non-hydrogen) atoms. The van der Waals surface area contributed by atoms with Crippen LogP contribution in [0.5, 0.6) is 0 Å². The molecule has 4 rings (SSSR count). The summed E-state index contributed by atoms with van der Waals surface area (Å²) < 4.78 is 1.06. The van der Waals surface area contributed by atoms with Gasteiger partial charge in [-0.05, 0) is 28.8 Å². The van der Waals surface area contributed by atoms with E-state index in [9.17, 15) is 4.79 Å². The standard InChI is InChI=1S/C24H22BrNO/c25-21-13-11-18(12-14-21)16-26-17-23(20-9-5-2-6-10-20)22(15-24(26)27)19-7-3-1-4-8-19/h1-14,22-23H,15-17H2. The first-order chi connectivity index (χ1) is 13.2. The molecular formula is C24H22BrNO. The topological polar surface area (TPSA) is 20.3 Å². The Kier molecular flexibility index (Phi) is 5.40.